The molecule has 148 valence electrons. The van der Waals surface area contributed by atoms with Crippen molar-refractivity contribution in [2.24, 2.45) is 5.14 Å². The van der Waals surface area contributed by atoms with E-state index in [4.69, 9.17) is 5.14 Å². The summed E-state index contributed by atoms with van der Waals surface area (Å²) in [6.45, 7) is 0. The summed E-state index contributed by atoms with van der Waals surface area (Å²) in [5.74, 6) is 0. The number of nitrogens with two attached hydrogens (primary N) is 1. The highest BCUT2D eigenvalue weighted by Crippen LogP contribution is 2.29. The Bertz CT molecular complexity index is 1160. The van der Waals surface area contributed by atoms with Gasteiger partial charge in [0.25, 0.3) is 0 Å². The van der Waals surface area contributed by atoms with E-state index >= 15 is 0 Å². The third kappa shape index (κ3) is 5.54. The third-order valence-electron chi connectivity index (χ3n) is 3.97. The Balaban J connectivity index is 1.95. The van der Waals surface area contributed by atoms with E-state index in [9.17, 15) is 13.2 Å². The average Bonchev–Trinajstić information content (AvgIpc) is 2.68. The lowest BCUT2D eigenvalue weighted by atomic mass is 10.1. The van der Waals surface area contributed by atoms with Crippen molar-refractivity contribution in [2.75, 3.05) is 10.6 Å². The van der Waals surface area contributed by atoms with Crippen molar-refractivity contribution in [2.45, 2.75) is 0 Å². The topological polar surface area (TPSA) is 101 Å². The number of carbonyl (C=O) groups is 1. The van der Waals surface area contributed by atoms with Gasteiger partial charge < -0.3 is 10.6 Å². The van der Waals surface area contributed by atoms with E-state index in [0.717, 1.165) is 4.47 Å². The average molecular weight is 472 g/mol. The van der Waals surface area contributed by atoms with Gasteiger partial charge in [-0.05, 0) is 45.8 Å². The van der Waals surface area contributed by atoms with Crippen LogP contribution in [-0.4, -0.2) is 14.4 Å². The molecule has 0 spiro atoms. The minimum absolute atomic E-state index is 0.0968. The lowest BCUT2D eigenvalue weighted by Gasteiger charge is -2.14. The van der Waals surface area contributed by atoms with Crippen LogP contribution in [0.5, 0.6) is 0 Å². The van der Waals surface area contributed by atoms with E-state index < -0.39 is 16.1 Å². The summed E-state index contributed by atoms with van der Waals surface area (Å²) < 4.78 is 25.3. The van der Waals surface area contributed by atoms with Gasteiger partial charge in [-0.15, -0.1) is 0 Å². The highest BCUT2D eigenvalue weighted by atomic mass is 79.9. The molecule has 4 N–H and O–H groups in total. The van der Waals surface area contributed by atoms with Gasteiger partial charge in [-0.2, -0.15) is 0 Å². The second-order valence-corrected chi connectivity index (χ2v) is 8.45. The molecule has 0 heterocycles. The van der Waals surface area contributed by atoms with Gasteiger partial charge in [-0.1, -0.05) is 60.7 Å². The number of nitrogens with one attached hydrogen (secondary N) is 2. The van der Waals surface area contributed by atoms with Gasteiger partial charge in [0, 0.05) is 10.0 Å². The number of para-hydroxylation sites is 2. The van der Waals surface area contributed by atoms with Gasteiger partial charge in [-0.3, -0.25) is 0 Å². The van der Waals surface area contributed by atoms with Crippen LogP contribution in [0, 0.1) is 0 Å². The molecule has 0 bridgehead atoms. The Morgan fingerprint density at radius 1 is 0.828 bits per heavy atom. The highest BCUT2D eigenvalue weighted by Gasteiger charge is 2.19. The molecule has 0 fully saturated rings. The van der Waals surface area contributed by atoms with Crippen molar-refractivity contribution >= 4 is 54.3 Å². The fraction of sp³-hybridized carbons (Fsp3) is 0. The number of benzene rings is 3. The van der Waals surface area contributed by atoms with Gasteiger partial charge in [0.2, 0.25) is 10.0 Å². The maximum Gasteiger partial charge on any atom is 0.323 e. The Kier molecular flexibility index (Phi) is 6.48. The number of halogens is 1. The van der Waals surface area contributed by atoms with Crippen molar-refractivity contribution in [1.82, 2.24) is 0 Å². The number of hydrogen-bond donors (Lipinski definition) is 3. The van der Waals surface area contributed by atoms with Gasteiger partial charge in [0.05, 0.1) is 16.3 Å². The fourth-order valence-corrected chi connectivity index (χ4v) is 3.83. The summed E-state index contributed by atoms with van der Waals surface area (Å²) >= 11 is 3.36. The van der Waals surface area contributed by atoms with Gasteiger partial charge in [0.1, 0.15) is 0 Å². The zero-order valence-corrected chi connectivity index (χ0v) is 17.6. The molecule has 3 aromatic carbocycles. The van der Waals surface area contributed by atoms with Crippen LogP contribution in [0.3, 0.4) is 0 Å². The lowest BCUT2D eigenvalue weighted by molar-refractivity contribution is 0.262. The van der Waals surface area contributed by atoms with Crippen molar-refractivity contribution in [1.29, 1.82) is 0 Å². The first-order valence-corrected chi connectivity index (χ1v) is 10.9. The first-order valence-electron chi connectivity index (χ1n) is 8.56. The SMILES string of the molecule is NS(=O)(=O)C(=Cc1ccccc1)c1ccccc1NC(=O)Nc1ccccc1Br. The van der Waals surface area contributed by atoms with E-state index in [1.165, 1.54) is 6.08 Å². The summed E-state index contributed by atoms with van der Waals surface area (Å²) in [6.07, 6.45) is 1.47. The molecule has 0 aliphatic heterocycles. The number of carbonyl (C=O) groups excluding carboxylic acids is 1. The second kappa shape index (κ2) is 9.04. The Labute approximate surface area is 177 Å². The molecule has 0 atom stereocenters. The standard InChI is InChI=1S/C21H18BrN3O3S/c22-17-11-5-7-13-19(17)25-21(26)24-18-12-6-4-10-16(18)20(29(23,27)28)14-15-8-2-1-3-9-15/h1-14H,(H2,23,27,28)(H2,24,25,26). The summed E-state index contributed by atoms with van der Waals surface area (Å²) in [4.78, 5) is 12.4. The van der Waals surface area contributed by atoms with Gasteiger partial charge in [-0.25, -0.2) is 18.4 Å². The summed E-state index contributed by atoms with van der Waals surface area (Å²) in [7, 11) is -4.06. The van der Waals surface area contributed by atoms with Crippen LogP contribution >= 0.6 is 15.9 Å². The minimum Gasteiger partial charge on any atom is -0.307 e. The number of sulfonamides is 1. The molecule has 6 nitrogen and oxygen atoms in total. The van der Waals surface area contributed by atoms with Crippen LogP contribution in [0.2, 0.25) is 0 Å². The number of hydrogen-bond acceptors (Lipinski definition) is 3. The van der Waals surface area contributed by atoms with Crippen LogP contribution in [0.1, 0.15) is 11.1 Å². The number of rotatable bonds is 5. The van der Waals surface area contributed by atoms with Crippen molar-refractivity contribution < 1.29 is 13.2 Å². The minimum atomic E-state index is -4.06. The summed E-state index contributed by atoms with van der Waals surface area (Å²) in [5, 5.41) is 10.9. The lowest BCUT2D eigenvalue weighted by Crippen LogP contribution is -2.21. The number of urea groups is 1. The van der Waals surface area contributed by atoms with Crippen LogP contribution in [0.4, 0.5) is 16.2 Å². The molecule has 0 aliphatic rings. The first kappa shape index (κ1) is 20.8. The van der Waals surface area contributed by atoms with E-state index in [1.807, 2.05) is 12.1 Å². The highest BCUT2D eigenvalue weighted by molar-refractivity contribution is 9.10. The summed E-state index contributed by atoms with van der Waals surface area (Å²) in [6, 6.07) is 22.2. The van der Waals surface area contributed by atoms with E-state index in [0.29, 0.717) is 22.5 Å². The fourth-order valence-electron chi connectivity index (χ4n) is 2.66. The molecule has 0 saturated heterocycles. The number of anilines is 2. The van der Waals surface area contributed by atoms with Gasteiger partial charge in [0.15, 0.2) is 0 Å². The molecular weight excluding hydrogens is 454 g/mol. The normalized spacial score (nSPS) is 11.7. The predicted octanol–water partition coefficient (Wildman–Crippen LogP) is 4.88. The molecule has 8 heteroatoms. The van der Waals surface area contributed by atoms with Crippen LogP contribution < -0.4 is 15.8 Å². The maximum absolute atomic E-state index is 12.5. The van der Waals surface area contributed by atoms with Crippen LogP contribution in [0.15, 0.2) is 83.3 Å². The van der Waals surface area contributed by atoms with Crippen molar-refractivity contribution in [3.8, 4) is 0 Å². The first-order chi connectivity index (χ1) is 13.8. The zero-order valence-electron chi connectivity index (χ0n) is 15.2. The van der Waals surface area contributed by atoms with E-state index in [-0.39, 0.29) is 4.91 Å². The molecule has 0 aromatic heterocycles. The molecule has 2 amide bonds. The molecular formula is C21H18BrN3O3S. The van der Waals surface area contributed by atoms with Crippen molar-refractivity contribution in [3.63, 3.8) is 0 Å². The number of amides is 2. The molecule has 3 rings (SSSR count). The van der Waals surface area contributed by atoms with E-state index in [1.54, 1.807) is 66.7 Å². The summed E-state index contributed by atoms with van der Waals surface area (Å²) in [5.41, 5.74) is 1.85. The smallest absolute Gasteiger partial charge is 0.307 e. The largest absolute Gasteiger partial charge is 0.323 e. The van der Waals surface area contributed by atoms with Crippen LogP contribution in [-0.2, 0) is 10.0 Å². The Morgan fingerprint density at radius 2 is 1.38 bits per heavy atom. The third-order valence-corrected chi connectivity index (χ3v) is 5.61. The molecule has 0 radical (unpaired) electrons. The predicted molar refractivity (Wildman–Crippen MR) is 121 cm³/mol. The van der Waals surface area contributed by atoms with E-state index in [2.05, 4.69) is 26.6 Å². The van der Waals surface area contributed by atoms with Crippen LogP contribution in [0.25, 0.3) is 11.0 Å². The number of primary sulfonamides is 1. The van der Waals surface area contributed by atoms with Gasteiger partial charge >= 0.3 is 6.03 Å². The maximum atomic E-state index is 12.5. The molecule has 29 heavy (non-hydrogen) atoms. The molecule has 0 aliphatic carbocycles. The van der Waals surface area contributed by atoms with Crippen molar-refractivity contribution in [3.05, 3.63) is 94.5 Å². The monoisotopic (exact) mass is 471 g/mol. The second-order valence-electron chi connectivity index (χ2n) is 6.07. The Hall–Kier alpha value is -2.94. The molecule has 3 aromatic rings. The quantitative estimate of drug-likeness (QED) is 0.462. The molecule has 0 unspecified atom stereocenters. The molecule has 0 saturated carbocycles. The zero-order chi connectivity index (χ0) is 20.9. The Morgan fingerprint density at radius 3 is 2.03 bits per heavy atom.